The number of carbonyl (C=O) groups excluding carboxylic acids is 2. The Hall–Kier alpha value is -2.19. The molecule has 0 radical (unpaired) electrons. The Morgan fingerprint density at radius 1 is 1.00 bits per heavy atom. The van der Waals surface area contributed by atoms with E-state index < -0.39 is 0 Å². The second kappa shape index (κ2) is 8.67. The quantitative estimate of drug-likeness (QED) is 0.419. The molecule has 3 aromatic rings. The van der Waals surface area contributed by atoms with E-state index >= 15 is 0 Å². The van der Waals surface area contributed by atoms with Crippen LogP contribution in [0.5, 0.6) is 0 Å². The number of carbonyl (C=O) groups is 2. The molecule has 2 N–H and O–H groups in total. The molecule has 0 saturated carbocycles. The Labute approximate surface area is 187 Å². The van der Waals surface area contributed by atoms with Crippen LogP contribution in [0.1, 0.15) is 44.5 Å². The molecule has 1 aliphatic carbocycles. The van der Waals surface area contributed by atoms with Crippen molar-refractivity contribution >= 4 is 56.4 Å². The monoisotopic (exact) mass is 516 g/mol. The summed E-state index contributed by atoms with van der Waals surface area (Å²) in [4.78, 5) is 27.1. The summed E-state index contributed by atoms with van der Waals surface area (Å²) < 4.78 is 1.11. The van der Waals surface area contributed by atoms with Gasteiger partial charge in [-0.15, -0.1) is 11.3 Å². The fourth-order valence-corrected chi connectivity index (χ4v) is 5.33. The molecule has 2 amide bonds. The van der Waals surface area contributed by atoms with Crippen molar-refractivity contribution in [3.05, 3.63) is 79.7 Å². The fraction of sp³-hybridized carbons (Fsp3) is 0.217. The smallest absolute Gasteiger partial charge is 0.258 e. The van der Waals surface area contributed by atoms with Crippen LogP contribution in [0.4, 0.5) is 10.7 Å². The van der Waals surface area contributed by atoms with Crippen LogP contribution in [0.2, 0.25) is 0 Å². The van der Waals surface area contributed by atoms with Crippen molar-refractivity contribution < 1.29 is 9.59 Å². The van der Waals surface area contributed by atoms with Crippen molar-refractivity contribution in [3.8, 4) is 0 Å². The Morgan fingerprint density at radius 3 is 2.45 bits per heavy atom. The zero-order valence-corrected chi connectivity index (χ0v) is 19.0. The number of fused-ring (bicyclic) bond motifs is 1. The van der Waals surface area contributed by atoms with Gasteiger partial charge >= 0.3 is 0 Å². The predicted molar refractivity (Wildman–Crippen MR) is 127 cm³/mol. The van der Waals surface area contributed by atoms with Crippen molar-refractivity contribution in [2.45, 2.75) is 26.2 Å². The summed E-state index contributed by atoms with van der Waals surface area (Å²) in [5.41, 5.74) is 3.02. The summed E-state index contributed by atoms with van der Waals surface area (Å²) in [7, 11) is 0. The number of rotatable bonds is 4. The number of anilines is 2. The maximum Gasteiger partial charge on any atom is 0.258 e. The lowest BCUT2D eigenvalue weighted by atomic mass is 9.88. The van der Waals surface area contributed by atoms with E-state index in [1.54, 1.807) is 12.1 Å². The van der Waals surface area contributed by atoms with Gasteiger partial charge in [-0.3, -0.25) is 9.59 Å². The number of benzene rings is 2. The van der Waals surface area contributed by atoms with Crippen LogP contribution in [0, 0.1) is 9.49 Å². The third kappa shape index (κ3) is 4.53. The first kappa shape index (κ1) is 20.1. The Bertz CT molecular complexity index is 1040. The predicted octanol–water partition coefficient (Wildman–Crippen LogP) is 5.98. The van der Waals surface area contributed by atoms with Crippen LogP contribution >= 0.6 is 33.9 Å². The van der Waals surface area contributed by atoms with Crippen molar-refractivity contribution in [3.63, 3.8) is 0 Å². The largest absolute Gasteiger partial charge is 0.322 e. The molecule has 1 aliphatic rings. The zero-order valence-electron chi connectivity index (χ0n) is 16.0. The molecule has 0 fully saturated rings. The highest BCUT2D eigenvalue weighted by Crippen LogP contribution is 2.40. The van der Waals surface area contributed by atoms with Gasteiger partial charge in [0, 0.05) is 19.7 Å². The third-order valence-electron chi connectivity index (χ3n) is 5.10. The molecule has 0 saturated heterocycles. The van der Waals surface area contributed by atoms with Crippen molar-refractivity contribution in [2.75, 3.05) is 10.6 Å². The molecule has 4 nitrogen and oxygen atoms in total. The Morgan fingerprint density at radius 2 is 1.72 bits per heavy atom. The molecule has 1 atom stereocenters. The van der Waals surface area contributed by atoms with Gasteiger partial charge in [0.1, 0.15) is 5.00 Å². The van der Waals surface area contributed by atoms with Gasteiger partial charge in [-0.05, 0) is 89.7 Å². The SMILES string of the molecule is CC1CCc2c(sc(NC(=O)c3ccccc3)c2C(=O)Nc2ccc(I)cc2)C1. The van der Waals surface area contributed by atoms with Gasteiger partial charge in [-0.1, -0.05) is 25.1 Å². The number of amides is 2. The minimum Gasteiger partial charge on any atom is -0.322 e. The van der Waals surface area contributed by atoms with Crippen molar-refractivity contribution in [1.29, 1.82) is 0 Å². The van der Waals surface area contributed by atoms with E-state index in [1.165, 1.54) is 16.2 Å². The van der Waals surface area contributed by atoms with E-state index in [0.29, 0.717) is 22.0 Å². The molecule has 0 spiro atoms. The molecule has 1 heterocycles. The van der Waals surface area contributed by atoms with E-state index in [4.69, 9.17) is 0 Å². The van der Waals surface area contributed by atoms with Crippen LogP contribution < -0.4 is 10.6 Å². The Kier molecular flexibility index (Phi) is 6.01. The molecule has 148 valence electrons. The van der Waals surface area contributed by atoms with E-state index in [2.05, 4.69) is 40.1 Å². The second-order valence-corrected chi connectivity index (χ2v) is 9.69. The molecule has 4 rings (SSSR count). The van der Waals surface area contributed by atoms with Crippen LogP contribution in [-0.4, -0.2) is 11.8 Å². The summed E-state index contributed by atoms with van der Waals surface area (Å²) in [6, 6.07) is 16.8. The van der Waals surface area contributed by atoms with Crippen LogP contribution in [0.3, 0.4) is 0 Å². The average Bonchev–Trinajstić information content (AvgIpc) is 3.07. The first-order valence-electron chi connectivity index (χ1n) is 9.59. The molecule has 1 aromatic heterocycles. The van der Waals surface area contributed by atoms with Crippen LogP contribution in [0.15, 0.2) is 54.6 Å². The van der Waals surface area contributed by atoms with Gasteiger partial charge in [-0.2, -0.15) is 0 Å². The van der Waals surface area contributed by atoms with Crippen LogP contribution in [0.25, 0.3) is 0 Å². The molecular weight excluding hydrogens is 495 g/mol. The first-order chi connectivity index (χ1) is 14.0. The summed E-state index contributed by atoms with van der Waals surface area (Å²) >= 11 is 3.77. The average molecular weight is 516 g/mol. The van der Waals surface area contributed by atoms with E-state index in [-0.39, 0.29) is 11.8 Å². The summed E-state index contributed by atoms with van der Waals surface area (Å²) in [6.45, 7) is 2.23. The highest BCUT2D eigenvalue weighted by molar-refractivity contribution is 14.1. The molecule has 0 bridgehead atoms. The Balaban J connectivity index is 1.66. The standard InChI is InChI=1S/C23H21IN2O2S/c1-14-7-12-18-19(13-14)29-23(26-21(27)15-5-3-2-4-6-15)20(18)22(28)25-17-10-8-16(24)9-11-17/h2-6,8-11,14H,7,12-13H2,1H3,(H,25,28)(H,26,27). The molecular formula is C23H21IN2O2S. The lowest BCUT2D eigenvalue weighted by molar-refractivity contribution is 0.102. The van der Waals surface area contributed by atoms with Gasteiger partial charge in [-0.25, -0.2) is 0 Å². The highest BCUT2D eigenvalue weighted by atomic mass is 127. The summed E-state index contributed by atoms with van der Waals surface area (Å²) in [5, 5.41) is 6.63. The molecule has 29 heavy (non-hydrogen) atoms. The normalized spacial score (nSPS) is 15.4. The summed E-state index contributed by atoms with van der Waals surface area (Å²) in [6.07, 6.45) is 2.87. The second-order valence-electron chi connectivity index (χ2n) is 7.34. The summed E-state index contributed by atoms with van der Waals surface area (Å²) in [5.74, 6) is 0.230. The number of hydrogen-bond donors (Lipinski definition) is 2. The number of hydrogen-bond acceptors (Lipinski definition) is 3. The van der Waals surface area contributed by atoms with Gasteiger partial charge in [0.15, 0.2) is 0 Å². The molecule has 1 unspecified atom stereocenters. The van der Waals surface area contributed by atoms with Gasteiger partial charge in [0.2, 0.25) is 0 Å². The molecule has 6 heteroatoms. The van der Waals surface area contributed by atoms with Gasteiger partial charge in [0.05, 0.1) is 5.56 Å². The van der Waals surface area contributed by atoms with Crippen molar-refractivity contribution in [2.24, 2.45) is 5.92 Å². The number of halogens is 1. The maximum absolute atomic E-state index is 13.2. The molecule has 2 aromatic carbocycles. The van der Waals surface area contributed by atoms with Gasteiger partial charge in [0.25, 0.3) is 11.8 Å². The van der Waals surface area contributed by atoms with E-state index in [9.17, 15) is 9.59 Å². The van der Waals surface area contributed by atoms with E-state index in [0.717, 1.165) is 34.1 Å². The van der Waals surface area contributed by atoms with E-state index in [1.807, 2.05) is 42.5 Å². The number of nitrogens with one attached hydrogen (secondary N) is 2. The zero-order chi connectivity index (χ0) is 20.4. The fourth-order valence-electron chi connectivity index (χ4n) is 3.57. The lowest BCUT2D eigenvalue weighted by Crippen LogP contribution is -2.19. The first-order valence-corrected chi connectivity index (χ1v) is 11.5. The highest BCUT2D eigenvalue weighted by Gasteiger charge is 2.28. The van der Waals surface area contributed by atoms with Crippen LogP contribution in [-0.2, 0) is 12.8 Å². The third-order valence-corrected chi connectivity index (χ3v) is 6.99. The lowest BCUT2D eigenvalue weighted by Gasteiger charge is -2.18. The minimum atomic E-state index is -0.194. The maximum atomic E-state index is 13.2. The topological polar surface area (TPSA) is 58.2 Å². The minimum absolute atomic E-state index is 0.165. The number of thiophene rings is 1. The van der Waals surface area contributed by atoms with Crippen molar-refractivity contribution in [1.82, 2.24) is 0 Å². The molecule has 0 aliphatic heterocycles. The van der Waals surface area contributed by atoms with Gasteiger partial charge < -0.3 is 10.6 Å².